The first-order valence-electron chi connectivity index (χ1n) is 0.791. The van der Waals surface area contributed by atoms with Crippen LogP contribution in [0.25, 0.3) is 0 Å². The van der Waals surface area contributed by atoms with Gasteiger partial charge in [0.15, 0.2) is 0 Å². The molecule has 0 radical (unpaired) electrons. The van der Waals surface area contributed by atoms with Crippen LogP contribution in [0.15, 0.2) is 0 Å². The van der Waals surface area contributed by atoms with Crippen LogP contribution in [-0.2, 0) is 21.7 Å². The molecule has 1 nitrogen and oxygen atoms in total. The summed E-state index contributed by atoms with van der Waals surface area (Å²) in [7, 11) is 0. The van der Waals surface area contributed by atoms with Gasteiger partial charge in [0.05, 0.1) is 0 Å². The molecule has 0 aliphatic carbocycles. The Morgan fingerprint density at radius 3 is 1.17 bits per heavy atom. The summed E-state index contributed by atoms with van der Waals surface area (Å²) in [6, 6.07) is 0. The van der Waals surface area contributed by atoms with E-state index in [4.69, 9.17) is 5.11 Å². The summed E-state index contributed by atoms with van der Waals surface area (Å²) in [5.74, 6) is 0. The van der Waals surface area contributed by atoms with E-state index in [0.717, 1.165) is 0 Å². The van der Waals surface area contributed by atoms with Crippen LogP contribution < -0.4 is 0 Å². The van der Waals surface area contributed by atoms with Crippen LogP contribution >= 0.6 is 34.8 Å². The Balaban J connectivity index is 0. The van der Waals surface area contributed by atoms with Gasteiger partial charge in [-0.15, -0.1) is 0 Å². The zero-order chi connectivity index (χ0) is 4.50. The average Bonchev–Trinajstić information content (AvgIpc) is 0.722. The van der Waals surface area contributed by atoms with Gasteiger partial charge in [-0.1, -0.05) is 34.8 Å². The van der Waals surface area contributed by atoms with Gasteiger partial charge in [-0.3, -0.25) is 0 Å². The fourth-order valence-corrected chi connectivity index (χ4v) is 0. The number of aliphatic hydroxyl groups is 1. The molecule has 0 amide bonds. The Morgan fingerprint density at radius 2 is 1.17 bits per heavy atom. The van der Waals surface area contributed by atoms with Crippen molar-refractivity contribution in [3.63, 3.8) is 0 Å². The molecule has 0 heterocycles. The second-order valence-corrected chi connectivity index (χ2v) is 2.69. The number of rotatable bonds is 0. The van der Waals surface area contributed by atoms with E-state index in [2.05, 4.69) is 34.8 Å². The molecule has 6 heavy (non-hydrogen) atoms. The van der Waals surface area contributed by atoms with Gasteiger partial charge in [-0.25, -0.2) is 0 Å². The molecule has 0 spiro atoms. The number of halogens is 3. The van der Waals surface area contributed by atoms with Crippen molar-refractivity contribution in [2.75, 3.05) is 0 Å². The van der Waals surface area contributed by atoms with E-state index in [9.17, 15) is 0 Å². The topological polar surface area (TPSA) is 20.2 Å². The summed E-state index contributed by atoms with van der Waals surface area (Å²) in [4.78, 5) is 0. The van der Waals surface area contributed by atoms with Crippen molar-refractivity contribution in [3.05, 3.63) is 0 Å². The Kier molecular flexibility index (Phi) is 6.19. The van der Waals surface area contributed by atoms with Gasteiger partial charge in [0.25, 0.3) is 3.98 Å². The minimum Gasteiger partial charge on any atom is -0.350 e. The fourth-order valence-electron chi connectivity index (χ4n) is 0. The molecule has 0 saturated carbocycles. The van der Waals surface area contributed by atoms with Crippen molar-refractivity contribution in [2.24, 2.45) is 0 Å². The van der Waals surface area contributed by atoms with Gasteiger partial charge >= 0.3 is 0 Å². The maximum atomic E-state index is 7.82. The van der Waals surface area contributed by atoms with Crippen molar-refractivity contribution in [2.45, 2.75) is 3.98 Å². The molecule has 0 aliphatic rings. The van der Waals surface area contributed by atoms with Gasteiger partial charge in [-0.2, -0.15) is 0 Å². The predicted octanol–water partition coefficient (Wildman–Crippen LogP) is 1.30. The van der Waals surface area contributed by atoms with Crippen LogP contribution in [0.4, 0.5) is 0 Å². The third-order valence-electron chi connectivity index (χ3n) is 0. The van der Waals surface area contributed by atoms with Crippen molar-refractivity contribution in [1.29, 1.82) is 0 Å². The van der Waals surface area contributed by atoms with Crippen LogP contribution in [0.3, 0.4) is 0 Å². The van der Waals surface area contributed by atoms with Crippen LogP contribution in [-0.4, -0.2) is 9.09 Å². The third-order valence-corrected chi connectivity index (χ3v) is 0. The molecular formula is CHCl3OTi. The fraction of sp³-hybridized carbons (Fsp3) is 1.00. The minimum atomic E-state index is -2.08. The van der Waals surface area contributed by atoms with E-state index in [1.807, 2.05) is 0 Å². The zero-order valence-electron chi connectivity index (χ0n) is 2.58. The van der Waals surface area contributed by atoms with Gasteiger partial charge in [0, 0.05) is 21.7 Å². The minimum absolute atomic E-state index is 0. The molecule has 36 valence electrons. The van der Waals surface area contributed by atoms with Crippen molar-refractivity contribution in [1.82, 2.24) is 0 Å². The standard InChI is InChI=1S/CHCl3O.Ti/c2-1(3,4)5;/h5H;. The van der Waals surface area contributed by atoms with E-state index in [0.29, 0.717) is 0 Å². The number of alkyl halides is 3. The Morgan fingerprint density at radius 1 is 1.17 bits per heavy atom. The summed E-state index contributed by atoms with van der Waals surface area (Å²) < 4.78 is -2.08. The van der Waals surface area contributed by atoms with E-state index >= 15 is 0 Å². The smallest absolute Gasteiger partial charge is 0.294 e. The molecule has 0 fully saturated rings. The molecule has 0 atom stereocenters. The Bertz CT molecular complexity index is 26.3. The first kappa shape index (κ1) is 10.5. The molecule has 0 saturated heterocycles. The first-order chi connectivity index (χ1) is 2.00. The van der Waals surface area contributed by atoms with Gasteiger partial charge in [-0.05, 0) is 0 Å². The summed E-state index contributed by atoms with van der Waals surface area (Å²) in [5, 5.41) is 7.82. The molecular weight excluding hydrogens is 182 g/mol. The molecule has 0 bridgehead atoms. The van der Waals surface area contributed by atoms with E-state index < -0.39 is 3.98 Å². The van der Waals surface area contributed by atoms with Crippen LogP contribution in [0.2, 0.25) is 0 Å². The summed E-state index contributed by atoms with van der Waals surface area (Å²) in [5.41, 5.74) is 0. The van der Waals surface area contributed by atoms with Crippen molar-refractivity contribution in [3.8, 4) is 0 Å². The Labute approximate surface area is 65.4 Å². The van der Waals surface area contributed by atoms with Gasteiger partial charge in [0.2, 0.25) is 0 Å². The molecule has 0 rings (SSSR count). The Hall–Kier alpha value is 1.54. The maximum Gasteiger partial charge on any atom is 0.294 e. The summed E-state index contributed by atoms with van der Waals surface area (Å²) in [6.07, 6.45) is 0. The molecule has 0 aliphatic heterocycles. The zero-order valence-corrected chi connectivity index (χ0v) is 6.41. The normalized spacial score (nSPS) is 10.0. The SMILES string of the molecule is OC(Cl)(Cl)Cl.[Ti]. The molecule has 0 unspecified atom stereocenters. The monoisotopic (exact) mass is 182 g/mol. The number of hydrogen-bond donors (Lipinski definition) is 1. The quantitative estimate of drug-likeness (QED) is 0.443. The van der Waals surface area contributed by atoms with Crippen LogP contribution in [0, 0.1) is 0 Å². The first-order valence-corrected chi connectivity index (χ1v) is 1.92. The second kappa shape index (κ2) is 3.53. The molecule has 0 aromatic heterocycles. The predicted molar refractivity (Wildman–Crippen MR) is 22.5 cm³/mol. The molecule has 5 heteroatoms. The van der Waals surface area contributed by atoms with Crippen LogP contribution in [0.1, 0.15) is 0 Å². The van der Waals surface area contributed by atoms with E-state index in [-0.39, 0.29) is 21.7 Å². The van der Waals surface area contributed by atoms with E-state index in [1.54, 1.807) is 0 Å². The van der Waals surface area contributed by atoms with Crippen molar-refractivity contribution < 1.29 is 26.8 Å². The maximum absolute atomic E-state index is 7.82. The molecule has 0 aromatic rings. The molecule has 0 aromatic carbocycles. The van der Waals surface area contributed by atoms with Gasteiger partial charge in [0.1, 0.15) is 0 Å². The second-order valence-electron chi connectivity index (χ2n) is 0.468. The number of hydrogen-bond acceptors (Lipinski definition) is 1. The average molecular weight is 183 g/mol. The largest absolute Gasteiger partial charge is 0.350 e. The van der Waals surface area contributed by atoms with E-state index in [1.165, 1.54) is 0 Å². The van der Waals surface area contributed by atoms with Crippen LogP contribution in [0.5, 0.6) is 0 Å². The molecule has 1 N–H and O–H groups in total. The van der Waals surface area contributed by atoms with Gasteiger partial charge < -0.3 is 5.11 Å². The third kappa shape index (κ3) is 48.0. The van der Waals surface area contributed by atoms with Crippen molar-refractivity contribution >= 4 is 34.8 Å². The summed E-state index contributed by atoms with van der Waals surface area (Å²) in [6.45, 7) is 0. The summed E-state index contributed by atoms with van der Waals surface area (Å²) >= 11 is 13.8.